The Labute approximate surface area is 97.9 Å². The van der Waals surface area contributed by atoms with Crippen molar-refractivity contribution in [2.45, 2.75) is 25.7 Å². The molecule has 0 spiro atoms. The second-order valence-corrected chi connectivity index (χ2v) is 4.21. The topological polar surface area (TPSA) is 0 Å². The first-order chi connectivity index (χ1) is 7.95. The van der Waals surface area contributed by atoms with Crippen molar-refractivity contribution in [2.24, 2.45) is 0 Å². The zero-order valence-electron chi connectivity index (χ0n) is 9.60. The molecule has 82 valence electrons. The van der Waals surface area contributed by atoms with Crippen molar-refractivity contribution >= 4 is 0 Å². The van der Waals surface area contributed by atoms with Gasteiger partial charge in [0.15, 0.2) is 0 Å². The van der Waals surface area contributed by atoms with Crippen LogP contribution in [0, 0.1) is 0 Å². The van der Waals surface area contributed by atoms with Crippen LogP contribution in [-0.4, -0.2) is 0 Å². The fourth-order valence-corrected chi connectivity index (χ4v) is 1.43. The summed E-state index contributed by atoms with van der Waals surface area (Å²) in [6, 6.07) is 21.1. The Kier molecular flexibility index (Phi) is 4.18. The van der Waals surface area contributed by atoms with E-state index in [1.54, 1.807) is 0 Å². The highest BCUT2D eigenvalue weighted by atomic mass is 14.0. The van der Waals surface area contributed by atoms with Crippen molar-refractivity contribution in [3.05, 3.63) is 71.8 Å². The minimum absolute atomic E-state index is 1.03. The van der Waals surface area contributed by atoms with Crippen molar-refractivity contribution in [1.82, 2.24) is 0 Å². The van der Waals surface area contributed by atoms with Crippen LogP contribution in [0.5, 0.6) is 0 Å². The highest BCUT2D eigenvalue weighted by Crippen LogP contribution is 2.14. The molecule has 0 amide bonds. The first kappa shape index (κ1) is 10.9. The Balaban J connectivity index is 0.000000278. The largest absolute Gasteiger partial charge is 0.0622 e. The number of hydrogen-bond acceptors (Lipinski definition) is 0. The second kappa shape index (κ2) is 6.12. The summed E-state index contributed by atoms with van der Waals surface area (Å²) in [4.78, 5) is 0. The molecule has 0 nitrogen and oxygen atoms in total. The minimum Gasteiger partial charge on any atom is -0.0622 e. The van der Waals surface area contributed by atoms with E-state index in [2.05, 4.69) is 60.7 Å². The van der Waals surface area contributed by atoms with Crippen LogP contribution >= 0.6 is 0 Å². The molecule has 0 unspecified atom stereocenters. The minimum atomic E-state index is 1.03. The Morgan fingerprint density at radius 2 is 0.938 bits per heavy atom. The summed E-state index contributed by atoms with van der Waals surface area (Å²) in [6.07, 6.45) is 5.53. The molecule has 16 heavy (non-hydrogen) atoms. The predicted octanol–water partition coefficient (Wildman–Crippen LogP) is 4.45. The van der Waals surface area contributed by atoms with Crippen LogP contribution in [0.4, 0.5) is 0 Å². The van der Waals surface area contributed by atoms with Crippen molar-refractivity contribution in [1.29, 1.82) is 0 Å². The maximum atomic E-state index is 2.16. The average Bonchev–Trinajstić information content (AvgIpc) is 3.19. The zero-order chi connectivity index (χ0) is 11.1. The van der Waals surface area contributed by atoms with E-state index in [1.807, 2.05) is 0 Å². The second-order valence-electron chi connectivity index (χ2n) is 4.21. The van der Waals surface area contributed by atoms with E-state index in [4.69, 9.17) is 0 Å². The van der Waals surface area contributed by atoms with Gasteiger partial charge in [0.25, 0.3) is 0 Å². The molecule has 2 aromatic rings. The van der Waals surface area contributed by atoms with Gasteiger partial charge in [-0.1, -0.05) is 79.9 Å². The Bertz CT molecular complexity index is 347. The van der Waals surface area contributed by atoms with E-state index in [9.17, 15) is 0 Å². The van der Waals surface area contributed by atoms with Gasteiger partial charge in [0, 0.05) is 0 Å². The van der Waals surface area contributed by atoms with Crippen LogP contribution in [0.1, 0.15) is 30.4 Å². The molecule has 0 heterocycles. The molecular weight excluding hydrogens is 192 g/mol. The SMILES string of the molecule is C1CC1.c1ccc(Cc2ccccc2)cc1. The maximum Gasteiger partial charge on any atom is -0.00258 e. The van der Waals surface area contributed by atoms with Gasteiger partial charge in [-0.15, -0.1) is 0 Å². The normalized spacial score (nSPS) is 12.5. The third kappa shape index (κ3) is 4.31. The average molecular weight is 210 g/mol. The van der Waals surface area contributed by atoms with Gasteiger partial charge in [-0.25, -0.2) is 0 Å². The lowest BCUT2D eigenvalue weighted by Gasteiger charge is -2.00. The lowest BCUT2D eigenvalue weighted by molar-refractivity contribution is 1.19. The van der Waals surface area contributed by atoms with E-state index in [0.717, 1.165) is 6.42 Å². The molecule has 0 saturated heterocycles. The molecule has 1 aliphatic rings. The van der Waals surface area contributed by atoms with Gasteiger partial charge in [-0.3, -0.25) is 0 Å². The van der Waals surface area contributed by atoms with Gasteiger partial charge in [0.1, 0.15) is 0 Å². The van der Waals surface area contributed by atoms with Crippen molar-refractivity contribution in [3.8, 4) is 0 Å². The van der Waals surface area contributed by atoms with Crippen LogP contribution in [0.3, 0.4) is 0 Å². The highest BCUT2D eigenvalue weighted by molar-refractivity contribution is 5.25. The van der Waals surface area contributed by atoms with Crippen LogP contribution in [0.2, 0.25) is 0 Å². The monoisotopic (exact) mass is 210 g/mol. The molecule has 0 heteroatoms. The van der Waals surface area contributed by atoms with E-state index < -0.39 is 0 Å². The molecule has 0 aromatic heterocycles. The first-order valence-electron chi connectivity index (χ1n) is 6.03. The number of benzene rings is 2. The van der Waals surface area contributed by atoms with Crippen LogP contribution in [-0.2, 0) is 6.42 Å². The summed E-state index contributed by atoms with van der Waals surface area (Å²) in [5, 5.41) is 0. The maximum absolute atomic E-state index is 2.16. The molecular formula is C16H18. The first-order valence-corrected chi connectivity index (χ1v) is 6.03. The molecule has 1 saturated carbocycles. The van der Waals surface area contributed by atoms with Gasteiger partial charge in [0.05, 0.1) is 0 Å². The lowest BCUT2D eigenvalue weighted by Crippen LogP contribution is -1.85. The van der Waals surface area contributed by atoms with Crippen molar-refractivity contribution < 1.29 is 0 Å². The van der Waals surface area contributed by atoms with Crippen LogP contribution in [0.15, 0.2) is 60.7 Å². The van der Waals surface area contributed by atoms with Gasteiger partial charge >= 0.3 is 0 Å². The molecule has 1 aliphatic carbocycles. The Morgan fingerprint density at radius 3 is 1.25 bits per heavy atom. The molecule has 0 radical (unpaired) electrons. The quantitative estimate of drug-likeness (QED) is 0.687. The van der Waals surface area contributed by atoms with Crippen molar-refractivity contribution in [3.63, 3.8) is 0 Å². The molecule has 0 N–H and O–H groups in total. The molecule has 1 fully saturated rings. The summed E-state index contributed by atoms with van der Waals surface area (Å²) >= 11 is 0. The van der Waals surface area contributed by atoms with E-state index in [-0.39, 0.29) is 0 Å². The molecule has 2 aromatic carbocycles. The fraction of sp³-hybridized carbons (Fsp3) is 0.250. The predicted molar refractivity (Wildman–Crippen MR) is 69.5 cm³/mol. The molecule has 3 rings (SSSR count). The van der Waals surface area contributed by atoms with Gasteiger partial charge in [-0.2, -0.15) is 0 Å². The van der Waals surface area contributed by atoms with Gasteiger partial charge in [0.2, 0.25) is 0 Å². The summed E-state index contributed by atoms with van der Waals surface area (Å²) in [5.74, 6) is 0. The highest BCUT2D eigenvalue weighted by Gasteiger charge is 1.95. The number of hydrogen-bond donors (Lipinski definition) is 0. The molecule has 0 aliphatic heterocycles. The Morgan fingerprint density at radius 1 is 0.562 bits per heavy atom. The van der Waals surface area contributed by atoms with Crippen LogP contribution < -0.4 is 0 Å². The zero-order valence-corrected chi connectivity index (χ0v) is 9.60. The van der Waals surface area contributed by atoms with Gasteiger partial charge in [-0.05, 0) is 17.5 Å². The Hall–Kier alpha value is -1.56. The van der Waals surface area contributed by atoms with E-state index >= 15 is 0 Å². The molecule has 0 atom stereocenters. The van der Waals surface area contributed by atoms with E-state index in [0.29, 0.717) is 0 Å². The smallest absolute Gasteiger partial charge is 0.00258 e. The van der Waals surface area contributed by atoms with E-state index in [1.165, 1.54) is 30.4 Å². The molecule has 0 bridgehead atoms. The van der Waals surface area contributed by atoms with Crippen molar-refractivity contribution in [2.75, 3.05) is 0 Å². The van der Waals surface area contributed by atoms with Crippen LogP contribution in [0.25, 0.3) is 0 Å². The number of rotatable bonds is 2. The summed E-state index contributed by atoms with van der Waals surface area (Å²) in [6.45, 7) is 0. The summed E-state index contributed by atoms with van der Waals surface area (Å²) in [7, 11) is 0. The fourth-order valence-electron chi connectivity index (χ4n) is 1.43. The van der Waals surface area contributed by atoms with Gasteiger partial charge < -0.3 is 0 Å². The lowest BCUT2D eigenvalue weighted by atomic mass is 10.1. The summed E-state index contributed by atoms with van der Waals surface area (Å²) < 4.78 is 0. The third-order valence-corrected chi connectivity index (χ3v) is 2.45. The standard InChI is InChI=1S/C13H12.C3H6/c1-3-7-12(8-4-1)11-13-9-5-2-6-10-13;1-2-3-1/h1-10H,11H2;1-3H2. The third-order valence-electron chi connectivity index (χ3n) is 2.45. The summed E-state index contributed by atoms with van der Waals surface area (Å²) in [5.41, 5.74) is 2.74.